The van der Waals surface area contributed by atoms with Gasteiger partial charge in [-0.25, -0.2) is 0 Å². The molecule has 0 aliphatic carbocycles. The van der Waals surface area contributed by atoms with Crippen LogP contribution in [0.1, 0.15) is 5.56 Å². The number of hydrogen-bond acceptors (Lipinski definition) is 3. The van der Waals surface area contributed by atoms with Crippen molar-refractivity contribution < 1.29 is 9.90 Å². The molecule has 1 fully saturated rings. The molecule has 0 unspecified atom stereocenters. The highest BCUT2D eigenvalue weighted by atomic mass is 16.4. The number of carboxylic acids is 1. The van der Waals surface area contributed by atoms with Crippen LogP contribution < -0.4 is 0 Å². The van der Waals surface area contributed by atoms with Crippen molar-refractivity contribution in [3.8, 4) is 0 Å². The number of piperazine rings is 1. The fraction of sp³-hybridized carbons (Fsp3) is 0.389. The van der Waals surface area contributed by atoms with E-state index in [1.165, 1.54) is 5.39 Å². The van der Waals surface area contributed by atoms with Crippen molar-refractivity contribution in [1.82, 2.24) is 9.80 Å². The zero-order valence-electron chi connectivity index (χ0n) is 12.9. The molecule has 1 atom stereocenters. The summed E-state index contributed by atoms with van der Waals surface area (Å²) in [5.74, 6) is -0.725. The number of rotatable bonds is 4. The van der Waals surface area contributed by atoms with E-state index in [0.717, 1.165) is 37.1 Å². The molecule has 1 N–H and O–H groups in total. The fourth-order valence-electron chi connectivity index (χ4n) is 3.18. The molecule has 0 saturated carbocycles. The number of hydrogen-bond donors (Lipinski definition) is 1. The van der Waals surface area contributed by atoms with Crippen molar-refractivity contribution in [1.29, 1.82) is 0 Å². The lowest BCUT2D eigenvalue weighted by Gasteiger charge is -2.36. The van der Waals surface area contributed by atoms with E-state index in [1.54, 1.807) is 0 Å². The summed E-state index contributed by atoms with van der Waals surface area (Å²) in [6, 6.07) is 13.9. The van der Waals surface area contributed by atoms with Gasteiger partial charge in [0.05, 0.1) is 0 Å². The molecule has 3 rings (SSSR count). The first-order chi connectivity index (χ1) is 10.6. The summed E-state index contributed by atoms with van der Waals surface area (Å²) in [7, 11) is 2.08. The first-order valence-electron chi connectivity index (χ1n) is 7.77. The Bertz CT molecular complexity index is 658. The highest BCUT2D eigenvalue weighted by Crippen LogP contribution is 2.21. The Hall–Kier alpha value is -1.91. The second kappa shape index (κ2) is 6.46. The third-order valence-corrected chi connectivity index (χ3v) is 4.56. The fourth-order valence-corrected chi connectivity index (χ4v) is 3.18. The molecule has 116 valence electrons. The molecule has 0 spiro atoms. The highest BCUT2D eigenvalue weighted by molar-refractivity contribution is 5.86. The Labute approximate surface area is 131 Å². The van der Waals surface area contributed by atoms with Crippen LogP contribution in [0.5, 0.6) is 0 Å². The van der Waals surface area contributed by atoms with Gasteiger partial charge < -0.3 is 10.0 Å². The second-order valence-electron chi connectivity index (χ2n) is 6.04. The third kappa shape index (κ3) is 3.13. The van der Waals surface area contributed by atoms with E-state index < -0.39 is 12.0 Å². The average Bonchev–Trinajstić information content (AvgIpc) is 2.53. The van der Waals surface area contributed by atoms with Gasteiger partial charge in [-0.3, -0.25) is 9.69 Å². The molecule has 22 heavy (non-hydrogen) atoms. The first-order valence-corrected chi connectivity index (χ1v) is 7.77. The summed E-state index contributed by atoms with van der Waals surface area (Å²) < 4.78 is 0. The lowest BCUT2D eigenvalue weighted by molar-refractivity contribution is -0.144. The molecule has 1 saturated heterocycles. The van der Waals surface area contributed by atoms with Gasteiger partial charge in [0.1, 0.15) is 6.04 Å². The minimum atomic E-state index is -0.725. The standard InChI is InChI=1S/C18H22N2O2/c1-19-9-11-20(12-10-19)17(18(21)22)13-15-7-4-6-14-5-2-3-8-16(14)15/h2-8,17H,9-13H2,1H3,(H,21,22)/t17-/m0/s1. The second-order valence-corrected chi connectivity index (χ2v) is 6.04. The van der Waals surface area contributed by atoms with Crippen LogP contribution in [0.25, 0.3) is 10.8 Å². The minimum absolute atomic E-state index is 0.445. The molecule has 2 aromatic carbocycles. The van der Waals surface area contributed by atoms with Gasteiger partial charge in [0, 0.05) is 26.2 Å². The van der Waals surface area contributed by atoms with Crippen molar-refractivity contribution in [2.24, 2.45) is 0 Å². The summed E-state index contributed by atoms with van der Waals surface area (Å²) in [6.07, 6.45) is 0.556. The van der Waals surface area contributed by atoms with Crippen molar-refractivity contribution in [3.63, 3.8) is 0 Å². The van der Waals surface area contributed by atoms with Crippen LogP contribution in [0.4, 0.5) is 0 Å². The monoisotopic (exact) mass is 298 g/mol. The van der Waals surface area contributed by atoms with Crippen LogP contribution in [-0.2, 0) is 11.2 Å². The lowest BCUT2D eigenvalue weighted by atomic mass is 9.97. The van der Waals surface area contributed by atoms with Crippen LogP contribution in [0, 0.1) is 0 Å². The van der Waals surface area contributed by atoms with Crippen LogP contribution in [0.15, 0.2) is 42.5 Å². The lowest BCUT2D eigenvalue weighted by Crippen LogP contribution is -2.52. The van der Waals surface area contributed by atoms with E-state index in [2.05, 4.69) is 35.0 Å². The van der Waals surface area contributed by atoms with Gasteiger partial charge in [-0.05, 0) is 29.8 Å². The number of fused-ring (bicyclic) bond motifs is 1. The van der Waals surface area contributed by atoms with Gasteiger partial charge in [0.25, 0.3) is 0 Å². The normalized spacial score (nSPS) is 18.4. The van der Waals surface area contributed by atoms with E-state index in [4.69, 9.17) is 0 Å². The zero-order chi connectivity index (χ0) is 15.5. The van der Waals surface area contributed by atoms with Crippen LogP contribution in [-0.4, -0.2) is 60.1 Å². The SMILES string of the molecule is CN1CCN([C@@H](Cc2cccc3ccccc23)C(=O)O)CC1. The van der Waals surface area contributed by atoms with E-state index >= 15 is 0 Å². The Morgan fingerprint density at radius 3 is 2.50 bits per heavy atom. The number of benzene rings is 2. The third-order valence-electron chi connectivity index (χ3n) is 4.56. The summed E-state index contributed by atoms with van der Waals surface area (Å²) >= 11 is 0. The molecule has 1 aliphatic rings. The predicted molar refractivity (Wildman–Crippen MR) is 88.1 cm³/mol. The number of carboxylic acid groups (broad SMARTS) is 1. The maximum absolute atomic E-state index is 11.8. The van der Waals surface area contributed by atoms with Crippen LogP contribution in [0.2, 0.25) is 0 Å². The van der Waals surface area contributed by atoms with Crippen molar-refractivity contribution in [2.75, 3.05) is 33.2 Å². The summed E-state index contributed by atoms with van der Waals surface area (Å²) in [4.78, 5) is 16.1. The molecular weight excluding hydrogens is 276 g/mol. The quantitative estimate of drug-likeness (QED) is 0.938. The smallest absolute Gasteiger partial charge is 0.321 e. The maximum atomic E-state index is 11.8. The average molecular weight is 298 g/mol. The molecule has 0 aromatic heterocycles. The van der Waals surface area contributed by atoms with E-state index in [-0.39, 0.29) is 0 Å². The van der Waals surface area contributed by atoms with E-state index in [1.807, 2.05) is 24.3 Å². The molecule has 0 amide bonds. The molecule has 0 bridgehead atoms. The Kier molecular flexibility index (Phi) is 4.41. The van der Waals surface area contributed by atoms with E-state index in [9.17, 15) is 9.90 Å². The van der Waals surface area contributed by atoms with Crippen molar-refractivity contribution >= 4 is 16.7 Å². The van der Waals surface area contributed by atoms with Crippen molar-refractivity contribution in [2.45, 2.75) is 12.5 Å². The number of carbonyl (C=O) groups is 1. The molecule has 2 aromatic rings. The number of aliphatic carboxylic acids is 1. The zero-order valence-corrected chi connectivity index (χ0v) is 12.9. The molecule has 1 heterocycles. The van der Waals surface area contributed by atoms with E-state index in [0.29, 0.717) is 6.42 Å². The Morgan fingerprint density at radius 1 is 1.09 bits per heavy atom. The van der Waals surface area contributed by atoms with Crippen LogP contribution in [0.3, 0.4) is 0 Å². The predicted octanol–water partition coefficient (Wildman–Crippen LogP) is 2.08. The summed E-state index contributed by atoms with van der Waals surface area (Å²) in [6.45, 7) is 3.50. The number of nitrogens with zero attached hydrogens (tertiary/aromatic N) is 2. The van der Waals surface area contributed by atoms with Crippen LogP contribution >= 0.6 is 0 Å². The highest BCUT2D eigenvalue weighted by Gasteiger charge is 2.28. The maximum Gasteiger partial charge on any atom is 0.321 e. The van der Waals surface area contributed by atoms with Gasteiger partial charge in [-0.1, -0.05) is 42.5 Å². The molecule has 1 aliphatic heterocycles. The summed E-state index contributed by atoms with van der Waals surface area (Å²) in [5, 5.41) is 12.0. The van der Waals surface area contributed by atoms with Crippen molar-refractivity contribution in [3.05, 3.63) is 48.0 Å². The minimum Gasteiger partial charge on any atom is -0.480 e. The Morgan fingerprint density at radius 2 is 1.77 bits per heavy atom. The topological polar surface area (TPSA) is 43.8 Å². The van der Waals surface area contributed by atoms with Gasteiger partial charge in [0.2, 0.25) is 0 Å². The van der Waals surface area contributed by atoms with Gasteiger partial charge >= 0.3 is 5.97 Å². The molecule has 0 radical (unpaired) electrons. The molecular formula is C18H22N2O2. The van der Waals surface area contributed by atoms with Gasteiger partial charge in [-0.15, -0.1) is 0 Å². The Balaban J connectivity index is 1.85. The van der Waals surface area contributed by atoms with Gasteiger partial charge in [-0.2, -0.15) is 0 Å². The largest absolute Gasteiger partial charge is 0.480 e. The van der Waals surface area contributed by atoms with Gasteiger partial charge in [0.15, 0.2) is 0 Å². The first kappa shape index (κ1) is 15.0. The number of likely N-dealkylation sites (N-methyl/N-ethyl adjacent to an activating group) is 1. The summed E-state index contributed by atoms with van der Waals surface area (Å²) in [5.41, 5.74) is 1.12. The molecule has 4 nitrogen and oxygen atoms in total. The molecule has 4 heteroatoms.